The highest BCUT2D eigenvalue weighted by Crippen LogP contribution is 2.40. The molecule has 154 valence electrons. The molecule has 28 heavy (non-hydrogen) atoms. The van der Waals surface area contributed by atoms with Gasteiger partial charge in [-0.15, -0.1) is 0 Å². The van der Waals surface area contributed by atoms with Crippen LogP contribution in [-0.2, 0) is 0 Å². The maximum absolute atomic E-state index is 6.03. The Balaban J connectivity index is 1.27. The van der Waals surface area contributed by atoms with E-state index in [-0.39, 0.29) is 6.04 Å². The zero-order valence-electron chi connectivity index (χ0n) is 17.1. The van der Waals surface area contributed by atoms with Gasteiger partial charge in [0.25, 0.3) is 0 Å². The Morgan fingerprint density at radius 2 is 1.86 bits per heavy atom. The minimum absolute atomic E-state index is 0.270. The van der Waals surface area contributed by atoms with Gasteiger partial charge in [0, 0.05) is 5.92 Å². The number of nitrogens with one attached hydrogen (secondary N) is 1. The van der Waals surface area contributed by atoms with E-state index in [1.807, 2.05) is 0 Å². The summed E-state index contributed by atoms with van der Waals surface area (Å²) in [5, 5.41) is 4.73. The normalized spacial score (nSPS) is 28.0. The second-order valence-corrected chi connectivity index (χ2v) is 9.41. The van der Waals surface area contributed by atoms with Gasteiger partial charge in [-0.05, 0) is 66.0 Å². The van der Waals surface area contributed by atoms with Crippen LogP contribution in [0.4, 0.5) is 0 Å². The maximum Gasteiger partial charge on any atom is 0.133 e. The van der Waals surface area contributed by atoms with E-state index in [1.165, 1.54) is 75.7 Å². The minimum atomic E-state index is 0.270. The summed E-state index contributed by atoms with van der Waals surface area (Å²) in [6.45, 7) is 5.50. The lowest BCUT2D eigenvalue weighted by Crippen LogP contribution is -2.56. The van der Waals surface area contributed by atoms with Crippen molar-refractivity contribution in [2.24, 2.45) is 11.0 Å². The van der Waals surface area contributed by atoms with Crippen LogP contribution in [-0.4, -0.2) is 36.3 Å². The van der Waals surface area contributed by atoms with Crippen LogP contribution in [0.15, 0.2) is 27.8 Å². The van der Waals surface area contributed by atoms with E-state index in [4.69, 9.17) is 9.84 Å². The van der Waals surface area contributed by atoms with Crippen LogP contribution in [0.1, 0.15) is 76.3 Å². The van der Waals surface area contributed by atoms with Crippen LogP contribution in [0.25, 0.3) is 0 Å². The molecule has 0 spiro atoms. The third-order valence-electron chi connectivity index (χ3n) is 6.61. The molecular weight excluding hydrogens is 414 g/mol. The van der Waals surface area contributed by atoms with E-state index in [9.17, 15) is 0 Å². The number of nitrogens with zero attached hydrogens (tertiary/aromatic N) is 2. The van der Waals surface area contributed by atoms with E-state index in [1.54, 1.807) is 0 Å². The van der Waals surface area contributed by atoms with E-state index >= 15 is 0 Å². The molecule has 1 aromatic rings. The molecule has 0 saturated carbocycles. The molecule has 0 radical (unpaired) electrons. The number of ether oxygens (including phenoxy) is 1. The number of unbranched alkanes of at least 4 members (excludes halogenated alkanes) is 6. The number of hydrogen-bond donors (Lipinski definition) is 1. The zero-order valence-corrected chi connectivity index (χ0v) is 18.7. The molecule has 2 bridgehead atoms. The van der Waals surface area contributed by atoms with Crippen molar-refractivity contribution in [3.63, 3.8) is 0 Å². The summed E-state index contributed by atoms with van der Waals surface area (Å²) in [6.07, 6.45) is 11.7. The Kier molecular flexibility index (Phi) is 6.94. The first-order valence-electron chi connectivity index (χ1n) is 11.3. The van der Waals surface area contributed by atoms with Crippen molar-refractivity contribution in [2.75, 3.05) is 19.7 Å². The molecule has 5 rings (SSSR count). The molecular formula is C23H34BrN3O. The van der Waals surface area contributed by atoms with Crippen molar-refractivity contribution in [3.05, 3.63) is 28.2 Å². The van der Waals surface area contributed by atoms with Gasteiger partial charge in [-0.3, -0.25) is 4.90 Å². The molecule has 4 heterocycles. The fraction of sp³-hybridized carbons (Fsp3) is 0.696. The van der Waals surface area contributed by atoms with Crippen LogP contribution >= 0.6 is 15.9 Å². The molecule has 3 fully saturated rings. The van der Waals surface area contributed by atoms with Gasteiger partial charge in [-0.25, -0.2) is 0 Å². The monoisotopic (exact) mass is 447 g/mol. The highest BCUT2D eigenvalue weighted by molar-refractivity contribution is 9.10. The first-order chi connectivity index (χ1) is 13.8. The average molecular weight is 448 g/mol. The quantitative estimate of drug-likeness (QED) is 0.469. The lowest BCUT2D eigenvalue weighted by molar-refractivity contribution is 0.133. The summed E-state index contributed by atoms with van der Waals surface area (Å²) in [7, 11) is 0. The van der Waals surface area contributed by atoms with E-state index in [0.717, 1.165) is 23.2 Å². The van der Waals surface area contributed by atoms with Gasteiger partial charge in [0.15, 0.2) is 0 Å². The lowest BCUT2D eigenvalue weighted by Gasteiger charge is -2.45. The SMILES string of the molecule is CCCCCCCCCOc1ccc(C2NN=C3C4CCN(CC4)C32)cc1Br. The maximum atomic E-state index is 6.03. The Bertz CT molecular complexity index is 684. The standard InChI is InChI=1S/C23H34BrN3O/c1-2-3-4-5-6-7-8-15-28-20-10-9-18(16-19(20)24)22-23-21(25-26-22)17-11-13-27(23)14-12-17/h9-10,16-17,22-23,26H,2-8,11-15H2,1H3. The molecule has 4 nitrogen and oxygen atoms in total. The molecule has 0 amide bonds. The molecule has 1 N–H and O–H groups in total. The van der Waals surface area contributed by atoms with Gasteiger partial charge in [0.2, 0.25) is 0 Å². The fourth-order valence-electron chi connectivity index (χ4n) is 4.98. The van der Waals surface area contributed by atoms with Crippen molar-refractivity contribution in [1.29, 1.82) is 0 Å². The summed E-state index contributed by atoms with van der Waals surface area (Å²) in [4.78, 5) is 2.61. The molecule has 5 heteroatoms. The van der Waals surface area contributed by atoms with Gasteiger partial charge in [0.1, 0.15) is 5.75 Å². The summed E-state index contributed by atoms with van der Waals surface area (Å²) in [5.74, 6) is 1.65. The first kappa shape index (κ1) is 20.2. The molecule has 0 aliphatic carbocycles. The zero-order chi connectivity index (χ0) is 19.3. The number of fused-ring (bicyclic) bond motifs is 2. The molecule has 0 aromatic heterocycles. The summed E-state index contributed by atoms with van der Waals surface area (Å²) < 4.78 is 7.09. The minimum Gasteiger partial charge on any atom is -0.492 e. The Morgan fingerprint density at radius 1 is 1.11 bits per heavy atom. The van der Waals surface area contributed by atoms with E-state index in [0.29, 0.717) is 12.0 Å². The van der Waals surface area contributed by atoms with Crippen molar-refractivity contribution < 1.29 is 4.74 Å². The van der Waals surface area contributed by atoms with Crippen LogP contribution in [0.5, 0.6) is 5.75 Å². The number of piperidine rings is 3. The number of hydrazone groups is 1. The molecule has 1 aromatic carbocycles. The largest absolute Gasteiger partial charge is 0.492 e. The highest BCUT2D eigenvalue weighted by atomic mass is 79.9. The summed E-state index contributed by atoms with van der Waals surface area (Å²) in [6, 6.07) is 7.27. The van der Waals surface area contributed by atoms with Crippen molar-refractivity contribution in [2.45, 2.75) is 76.8 Å². The molecule has 2 unspecified atom stereocenters. The van der Waals surface area contributed by atoms with Gasteiger partial charge >= 0.3 is 0 Å². The van der Waals surface area contributed by atoms with Crippen LogP contribution in [0.2, 0.25) is 0 Å². The highest BCUT2D eigenvalue weighted by Gasteiger charge is 2.46. The second kappa shape index (κ2) is 9.62. The van der Waals surface area contributed by atoms with Gasteiger partial charge < -0.3 is 10.2 Å². The third-order valence-corrected chi connectivity index (χ3v) is 7.23. The van der Waals surface area contributed by atoms with E-state index in [2.05, 4.69) is 51.4 Å². The Hall–Kier alpha value is -1.07. The average Bonchev–Trinajstić information content (AvgIpc) is 3.19. The molecule has 4 aliphatic heterocycles. The van der Waals surface area contributed by atoms with Crippen molar-refractivity contribution in [1.82, 2.24) is 10.3 Å². The predicted molar refractivity (Wildman–Crippen MR) is 119 cm³/mol. The van der Waals surface area contributed by atoms with Gasteiger partial charge in [0.05, 0.1) is 28.9 Å². The molecule has 3 saturated heterocycles. The molecule has 4 aliphatic rings. The van der Waals surface area contributed by atoms with Gasteiger partial charge in [-0.2, -0.15) is 5.10 Å². The van der Waals surface area contributed by atoms with Crippen LogP contribution in [0, 0.1) is 5.92 Å². The van der Waals surface area contributed by atoms with E-state index < -0.39 is 0 Å². The summed E-state index contributed by atoms with van der Waals surface area (Å²) >= 11 is 3.73. The number of halogens is 1. The topological polar surface area (TPSA) is 36.9 Å². The number of rotatable bonds is 10. The summed E-state index contributed by atoms with van der Waals surface area (Å²) in [5.41, 5.74) is 6.11. The molecule has 2 atom stereocenters. The number of benzene rings is 1. The lowest BCUT2D eigenvalue weighted by atomic mass is 9.78. The smallest absolute Gasteiger partial charge is 0.133 e. The Morgan fingerprint density at radius 3 is 2.61 bits per heavy atom. The van der Waals surface area contributed by atoms with Gasteiger partial charge in [-0.1, -0.05) is 51.5 Å². The Labute approximate surface area is 178 Å². The van der Waals surface area contributed by atoms with Crippen LogP contribution in [0.3, 0.4) is 0 Å². The predicted octanol–water partition coefficient (Wildman–Crippen LogP) is 5.67. The third kappa shape index (κ3) is 4.40. The van der Waals surface area contributed by atoms with Crippen molar-refractivity contribution in [3.8, 4) is 5.75 Å². The number of hydrogen-bond acceptors (Lipinski definition) is 4. The van der Waals surface area contributed by atoms with Crippen LogP contribution < -0.4 is 10.2 Å². The fourth-order valence-corrected chi connectivity index (χ4v) is 5.49. The van der Waals surface area contributed by atoms with Crippen molar-refractivity contribution >= 4 is 21.6 Å². The second-order valence-electron chi connectivity index (χ2n) is 8.56. The first-order valence-corrected chi connectivity index (χ1v) is 12.1.